The molecular weight excluding hydrogens is 374 g/mol. The lowest BCUT2D eigenvalue weighted by Gasteiger charge is -2.08. The molecule has 4 nitrogen and oxygen atoms in total. The fraction of sp³-hybridized carbons (Fsp3) is 0. The molecule has 0 saturated heterocycles. The number of anilines is 1. The number of carbonyl (C=O) groups excluding carboxylic acids is 1. The number of amides is 1. The number of halogens is 2. The van der Waals surface area contributed by atoms with Crippen LogP contribution in [0.5, 0.6) is 0 Å². The third kappa shape index (κ3) is 3.19. The Kier molecular flexibility index (Phi) is 4.30. The van der Waals surface area contributed by atoms with Gasteiger partial charge in [-0.05, 0) is 46.3 Å². The van der Waals surface area contributed by atoms with Crippen molar-refractivity contribution in [3.8, 4) is 6.07 Å². The van der Waals surface area contributed by atoms with Crippen molar-refractivity contribution in [1.29, 1.82) is 5.26 Å². The molecule has 0 radical (unpaired) electrons. The first-order chi connectivity index (χ1) is 9.11. The molecular formula is C13H7Br2N3O. The van der Waals surface area contributed by atoms with Gasteiger partial charge in [0.2, 0.25) is 0 Å². The van der Waals surface area contributed by atoms with Crippen LogP contribution in [-0.4, -0.2) is 10.9 Å². The van der Waals surface area contributed by atoms with Crippen molar-refractivity contribution in [3.63, 3.8) is 0 Å². The first-order valence-electron chi connectivity index (χ1n) is 5.23. The predicted octanol–water partition coefficient (Wildman–Crippen LogP) is 3.73. The van der Waals surface area contributed by atoms with Gasteiger partial charge >= 0.3 is 0 Å². The third-order valence-corrected chi connectivity index (χ3v) is 3.46. The van der Waals surface area contributed by atoms with Crippen LogP contribution in [-0.2, 0) is 0 Å². The zero-order valence-corrected chi connectivity index (χ0v) is 12.7. The highest BCUT2D eigenvalue weighted by atomic mass is 79.9. The van der Waals surface area contributed by atoms with E-state index < -0.39 is 0 Å². The van der Waals surface area contributed by atoms with Crippen LogP contribution in [0.3, 0.4) is 0 Å². The number of hydrogen-bond donors (Lipinski definition) is 1. The maximum atomic E-state index is 12.1. The number of benzene rings is 1. The summed E-state index contributed by atoms with van der Waals surface area (Å²) in [7, 11) is 0. The molecule has 2 rings (SSSR count). The summed E-state index contributed by atoms with van der Waals surface area (Å²) >= 11 is 6.56. The van der Waals surface area contributed by atoms with Crippen molar-refractivity contribution < 1.29 is 4.79 Å². The van der Waals surface area contributed by atoms with Gasteiger partial charge in [-0.15, -0.1) is 0 Å². The van der Waals surface area contributed by atoms with E-state index in [9.17, 15) is 4.79 Å². The highest BCUT2D eigenvalue weighted by Gasteiger charge is 2.13. The van der Waals surface area contributed by atoms with Crippen molar-refractivity contribution in [2.24, 2.45) is 0 Å². The summed E-state index contributed by atoms with van der Waals surface area (Å²) in [6.07, 6.45) is 1.53. The van der Waals surface area contributed by atoms with E-state index >= 15 is 0 Å². The number of nitriles is 1. The highest BCUT2D eigenvalue weighted by Crippen LogP contribution is 2.22. The van der Waals surface area contributed by atoms with Crippen LogP contribution >= 0.6 is 31.9 Å². The molecule has 0 bridgehead atoms. The molecule has 0 spiro atoms. The molecule has 19 heavy (non-hydrogen) atoms. The Morgan fingerprint density at radius 1 is 1.32 bits per heavy atom. The summed E-state index contributed by atoms with van der Waals surface area (Å²) in [6.45, 7) is 0. The molecule has 0 fully saturated rings. The zero-order chi connectivity index (χ0) is 13.8. The average molecular weight is 381 g/mol. The van der Waals surface area contributed by atoms with E-state index in [1.807, 2.05) is 6.07 Å². The van der Waals surface area contributed by atoms with Crippen LogP contribution in [0.15, 0.2) is 45.5 Å². The van der Waals surface area contributed by atoms with Gasteiger partial charge in [0, 0.05) is 15.1 Å². The maximum Gasteiger partial charge on any atom is 0.275 e. The largest absolute Gasteiger partial charge is 0.319 e. The molecule has 1 amide bonds. The second kappa shape index (κ2) is 5.95. The molecule has 1 aromatic carbocycles. The molecule has 1 N–H and O–H groups in total. The smallest absolute Gasteiger partial charge is 0.275 e. The van der Waals surface area contributed by atoms with Gasteiger partial charge in [0.15, 0.2) is 0 Å². The van der Waals surface area contributed by atoms with Crippen molar-refractivity contribution in [1.82, 2.24) is 4.98 Å². The minimum absolute atomic E-state index is 0.270. The maximum absolute atomic E-state index is 12.1. The van der Waals surface area contributed by atoms with Gasteiger partial charge in [-0.2, -0.15) is 5.26 Å². The van der Waals surface area contributed by atoms with E-state index in [2.05, 4.69) is 42.2 Å². The summed E-state index contributed by atoms with van der Waals surface area (Å²) in [5, 5.41) is 11.7. The van der Waals surface area contributed by atoms with Crippen LogP contribution in [0.4, 0.5) is 5.69 Å². The number of nitrogens with zero attached hydrogens (tertiary/aromatic N) is 2. The van der Waals surface area contributed by atoms with Crippen LogP contribution in [0.25, 0.3) is 0 Å². The van der Waals surface area contributed by atoms with Gasteiger partial charge in [0.1, 0.15) is 11.8 Å². The highest BCUT2D eigenvalue weighted by molar-refractivity contribution is 9.10. The van der Waals surface area contributed by atoms with Crippen LogP contribution in [0, 0.1) is 11.3 Å². The molecule has 1 aromatic heterocycles. The van der Waals surface area contributed by atoms with E-state index in [1.165, 1.54) is 6.20 Å². The van der Waals surface area contributed by atoms with Gasteiger partial charge in [-0.1, -0.05) is 15.9 Å². The Bertz CT molecular complexity index is 680. The normalized spacial score (nSPS) is 9.74. The molecule has 94 valence electrons. The molecule has 0 aliphatic heterocycles. The first kappa shape index (κ1) is 13.7. The molecule has 0 aliphatic carbocycles. The molecule has 0 unspecified atom stereocenters. The standard InChI is InChI=1S/C13H7Br2N3O/c14-9-4-3-8(7-16)11(6-9)18-13(19)12-10(15)2-1-5-17-12/h1-6H,(H,18,19). The number of nitrogens with one attached hydrogen (secondary N) is 1. The minimum atomic E-state index is -0.373. The second-order valence-corrected chi connectivity index (χ2v) is 5.36. The van der Waals surface area contributed by atoms with E-state index in [0.717, 1.165) is 4.47 Å². The summed E-state index contributed by atoms with van der Waals surface area (Å²) in [5.74, 6) is -0.373. The summed E-state index contributed by atoms with van der Waals surface area (Å²) in [5.41, 5.74) is 1.11. The zero-order valence-electron chi connectivity index (χ0n) is 9.52. The summed E-state index contributed by atoms with van der Waals surface area (Å²) in [4.78, 5) is 16.1. The quantitative estimate of drug-likeness (QED) is 0.863. The Hall–Kier alpha value is -1.71. The average Bonchev–Trinajstić information content (AvgIpc) is 2.39. The van der Waals surface area contributed by atoms with Crippen LogP contribution < -0.4 is 5.32 Å². The fourth-order valence-electron chi connectivity index (χ4n) is 1.45. The molecule has 6 heteroatoms. The van der Waals surface area contributed by atoms with Crippen molar-refractivity contribution in [2.45, 2.75) is 0 Å². The SMILES string of the molecule is N#Cc1ccc(Br)cc1NC(=O)c1ncccc1Br. The summed E-state index contributed by atoms with van der Waals surface area (Å²) in [6, 6.07) is 10.5. The predicted molar refractivity (Wildman–Crippen MR) is 78.7 cm³/mol. The lowest BCUT2D eigenvalue weighted by molar-refractivity contribution is 0.102. The van der Waals surface area contributed by atoms with Crippen molar-refractivity contribution in [3.05, 3.63) is 56.7 Å². The molecule has 0 saturated carbocycles. The van der Waals surface area contributed by atoms with E-state index in [0.29, 0.717) is 15.7 Å². The Balaban J connectivity index is 2.32. The van der Waals surface area contributed by atoms with E-state index in [-0.39, 0.29) is 11.6 Å². The molecule has 0 aliphatic rings. The van der Waals surface area contributed by atoms with E-state index in [1.54, 1.807) is 30.3 Å². The monoisotopic (exact) mass is 379 g/mol. The fourth-order valence-corrected chi connectivity index (χ4v) is 2.25. The number of hydrogen-bond acceptors (Lipinski definition) is 3. The lowest BCUT2D eigenvalue weighted by atomic mass is 10.2. The van der Waals surface area contributed by atoms with Gasteiger partial charge in [0.05, 0.1) is 11.3 Å². The molecule has 0 atom stereocenters. The number of carbonyl (C=O) groups is 1. The van der Waals surface area contributed by atoms with E-state index in [4.69, 9.17) is 5.26 Å². The number of rotatable bonds is 2. The Morgan fingerprint density at radius 3 is 2.79 bits per heavy atom. The third-order valence-electron chi connectivity index (χ3n) is 2.32. The van der Waals surface area contributed by atoms with Gasteiger partial charge < -0.3 is 5.32 Å². The number of aromatic nitrogens is 1. The van der Waals surface area contributed by atoms with Crippen LogP contribution in [0.1, 0.15) is 16.1 Å². The summed E-state index contributed by atoms with van der Waals surface area (Å²) < 4.78 is 1.38. The van der Waals surface area contributed by atoms with Gasteiger partial charge in [0.25, 0.3) is 5.91 Å². The van der Waals surface area contributed by atoms with Crippen molar-refractivity contribution in [2.75, 3.05) is 5.32 Å². The van der Waals surface area contributed by atoms with Crippen molar-refractivity contribution >= 4 is 43.5 Å². The minimum Gasteiger partial charge on any atom is -0.319 e. The second-order valence-electron chi connectivity index (χ2n) is 3.59. The Labute approximate surface area is 126 Å². The topological polar surface area (TPSA) is 65.8 Å². The molecule has 1 heterocycles. The van der Waals surface area contributed by atoms with Gasteiger partial charge in [-0.3, -0.25) is 4.79 Å². The number of pyridine rings is 1. The molecule has 2 aromatic rings. The Morgan fingerprint density at radius 2 is 2.11 bits per heavy atom. The lowest BCUT2D eigenvalue weighted by Crippen LogP contribution is -2.15. The van der Waals surface area contributed by atoms with Gasteiger partial charge in [-0.25, -0.2) is 4.98 Å². The van der Waals surface area contributed by atoms with Crippen LogP contribution in [0.2, 0.25) is 0 Å². The first-order valence-corrected chi connectivity index (χ1v) is 6.82.